The summed E-state index contributed by atoms with van der Waals surface area (Å²) in [4.78, 5) is 2.08. The zero-order valence-electron chi connectivity index (χ0n) is 16.4. The molecular weight excluding hydrogens is 354 g/mol. The molecule has 28 heavy (non-hydrogen) atoms. The maximum Gasteiger partial charge on any atom is 0.145 e. The molecule has 0 fully saturated rings. The first-order valence-electron chi connectivity index (χ1n) is 9.92. The highest BCUT2D eigenvalue weighted by atomic mass is 16.5. The van der Waals surface area contributed by atoms with Crippen LogP contribution in [0.4, 0.5) is 0 Å². The van der Waals surface area contributed by atoms with E-state index in [0.29, 0.717) is 19.6 Å². The summed E-state index contributed by atoms with van der Waals surface area (Å²) in [6.45, 7) is 4.00. The number of benzene rings is 1. The summed E-state index contributed by atoms with van der Waals surface area (Å²) < 4.78 is 17.2. The van der Waals surface area contributed by atoms with Crippen molar-refractivity contribution in [2.45, 2.75) is 32.3 Å². The van der Waals surface area contributed by atoms with E-state index < -0.39 is 0 Å². The summed E-state index contributed by atoms with van der Waals surface area (Å²) in [7, 11) is 0. The molecule has 1 heterocycles. The van der Waals surface area contributed by atoms with Gasteiger partial charge >= 0.3 is 0 Å². The van der Waals surface area contributed by atoms with E-state index in [9.17, 15) is 5.11 Å². The van der Waals surface area contributed by atoms with Gasteiger partial charge in [-0.25, -0.2) is 0 Å². The van der Waals surface area contributed by atoms with Gasteiger partial charge in [0.2, 0.25) is 0 Å². The lowest BCUT2D eigenvalue weighted by atomic mass is 10.0. The van der Waals surface area contributed by atoms with E-state index >= 15 is 0 Å². The zero-order valence-corrected chi connectivity index (χ0v) is 16.4. The van der Waals surface area contributed by atoms with Gasteiger partial charge in [-0.2, -0.15) is 0 Å². The van der Waals surface area contributed by atoms with Crippen molar-refractivity contribution >= 4 is 0 Å². The number of nitrogens with zero attached hydrogens (tertiary/aromatic N) is 1. The Labute approximate surface area is 167 Å². The van der Waals surface area contributed by atoms with Gasteiger partial charge in [0.15, 0.2) is 0 Å². The van der Waals surface area contributed by atoms with Crippen LogP contribution in [0.3, 0.4) is 0 Å². The fourth-order valence-electron chi connectivity index (χ4n) is 3.22. The molecule has 150 valence electrons. The van der Waals surface area contributed by atoms with Crippen molar-refractivity contribution < 1.29 is 19.3 Å². The van der Waals surface area contributed by atoms with Crippen molar-refractivity contribution in [3.63, 3.8) is 0 Å². The van der Waals surface area contributed by atoms with Crippen molar-refractivity contribution in [1.82, 2.24) is 4.90 Å². The lowest BCUT2D eigenvalue weighted by Gasteiger charge is -2.23. The average Bonchev–Trinajstić information content (AvgIpc) is 2.75. The van der Waals surface area contributed by atoms with Gasteiger partial charge in [-0.05, 0) is 43.0 Å². The number of hydrogen-bond acceptors (Lipinski definition) is 5. The van der Waals surface area contributed by atoms with Crippen LogP contribution < -0.4 is 4.74 Å². The molecule has 2 aliphatic rings. The van der Waals surface area contributed by atoms with Crippen LogP contribution in [0, 0.1) is 0 Å². The molecule has 1 aliphatic heterocycles. The molecule has 5 nitrogen and oxygen atoms in total. The second kappa shape index (κ2) is 10.7. The third-order valence-corrected chi connectivity index (χ3v) is 4.69. The fourth-order valence-corrected chi connectivity index (χ4v) is 3.22. The molecule has 1 unspecified atom stereocenters. The number of rotatable bonds is 10. The Morgan fingerprint density at radius 2 is 2.11 bits per heavy atom. The van der Waals surface area contributed by atoms with Gasteiger partial charge < -0.3 is 24.2 Å². The normalized spacial score (nSPS) is 17.0. The number of aliphatic hydroxyl groups is 1. The first-order chi connectivity index (χ1) is 13.8. The van der Waals surface area contributed by atoms with Crippen molar-refractivity contribution in [3.05, 3.63) is 78.1 Å². The van der Waals surface area contributed by atoms with E-state index in [4.69, 9.17) is 14.2 Å². The van der Waals surface area contributed by atoms with Crippen molar-refractivity contribution in [2.24, 2.45) is 0 Å². The third kappa shape index (κ3) is 5.75. The minimum Gasteiger partial charge on any atom is -0.492 e. The summed E-state index contributed by atoms with van der Waals surface area (Å²) in [5.41, 5.74) is 2.28. The maximum atomic E-state index is 9.19. The number of ether oxygens (including phenoxy) is 3. The zero-order chi connectivity index (χ0) is 19.6. The van der Waals surface area contributed by atoms with Crippen LogP contribution in [0.2, 0.25) is 0 Å². The molecule has 0 bridgehead atoms. The Hall–Kier alpha value is -2.50. The van der Waals surface area contributed by atoms with Crippen LogP contribution in [-0.2, 0) is 9.47 Å². The molecule has 1 aromatic carbocycles. The van der Waals surface area contributed by atoms with E-state index in [1.54, 1.807) is 6.26 Å². The van der Waals surface area contributed by atoms with Gasteiger partial charge in [-0.3, -0.25) is 0 Å². The molecule has 0 saturated heterocycles. The second-order valence-electron chi connectivity index (χ2n) is 6.67. The van der Waals surface area contributed by atoms with Crippen molar-refractivity contribution in [3.8, 4) is 5.75 Å². The third-order valence-electron chi connectivity index (χ3n) is 4.69. The Bertz CT molecular complexity index is 727. The molecule has 0 radical (unpaired) electrons. The molecule has 3 rings (SSSR count). The lowest BCUT2D eigenvalue weighted by molar-refractivity contribution is 0.0432. The second-order valence-corrected chi connectivity index (χ2v) is 6.67. The SMILES string of the molecule is CCOC(CCO)c1ccc(OCCN2C=COC(C3=CC=CCC3)=C2)cc1. The average molecular weight is 383 g/mol. The highest BCUT2D eigenvalue weighted by molar-refractivity contribution is 5.33. The lowest BCUT2D eigenvalue weighted by Crippen LogP contribution is -2.21. The smallest absolute Gasteiger partial charge is 0.145 e. The highest BCUT2D eigenvalue weighted by Gasteiger charge is 2.13. The number of allylic oxidation sites excluding steroid dienone is 4. The quantitative estimate of drug-likeness (QED) is 0.647. The Balaban J connectivity index is 1.50. The summed E-state index contributed by atoms with van der Waals surface area (Å²) >= 11 is 0. The minimum absolute atomic E-state index is 0.0740. The molecule has 0 aromatic heterocycles. The molecule has 1 aliphatic carbocycles. The molecule has 0 amide bonds. The first-order valence-corrected chi connectivity index (χ1v) is 9.92. The molecule has 1 atom stereocenters. The van der Waals surface area contributed by atoms with Gasteiger partial charge in [0, 0.05) is 32.0 Å². The summed E-state index contributed by atoms with van der Waals surface area (Å²) in [5.74, 6) is 1.73. The van der Waals surface area contributed by atoms with Crippen molar-refractivity contribution in [1.29, 1.82) is 0 Å². The van der Waals surface area contributed by atoms with Gasteiger partial charge in [0.05, 0.1) is 12.6 Å². The molecule has 1 aromatic rings. The van der Waals surface area contributed by atoms with Crippen LogP contribution in [0.5, 0.6) is 5.75 Å². The highest BCUT2D eigenvalue weighted by Crippen LogP contribution is 2.25. The molecule has 0 spiro atoms. The fraction of sp³-hybridized carbons (Fsp3) is 0.391. The van der Waals surface area contributed by atoms with Gasteiger partial charge in [0.25, 0.3) is 0 Å². The van der Waals surface area contributed by atoms with Crippen LogP contribution in [0.25, 0.3) is 0 Å². The maximum absolute atomic E-state index is 9.19. The van der Waals surface area contributed by atoms with Gasteiger partial charge in [-0.1, -0.05) is 30.4 Å². The number of hydrogen-bond donors (Lipinski definition) is 1. The monoisotopic (exact) mass is 383 g/mol. The Morgan fingerprint density at radius 1 is 1.25 bits per heavy atom. The molecular formula is C23H29NO4. The molecule has 1 N–H and O–H groups in total. The van der Waals surface area contributed by atoms with E-state index in [0.717, 1.165) is 36.5 Å². The summed E-state index contributed by atoms with van der Waals surface area (Å²) in [6, 6.07) is 7.91. The van der Waals surface area contributed by atoms with Crippen LogP contribution in [0.1, 0.15) is 37.9 Å². The standard InChI is InChI=1S/C23H29NO4/c1-2-26-22(12-15-25)20-8-10-21(11-9-20)27-16-13-24-14-17-28-23(18-24)19-6-4-3-5-7-19/h3-4,6,8-11,14,17-18,22,25H,2,5,7,12-13,15-16H2,1H3. The van der Waals surface area contributed by atoms with E-state index in [2.05, 4.69) is 23.1 Å². The molecule has 5 heteroatoms. The van der Waals surface area contributed by atoms with Gasteiger partial charge in [0.1, 0.15) is 24.4 Å². The Morgan fingerprint density at radius 3 is 2.82 bits per heavy atom. The summed E-state index contributed by atoms with van der Waals surface area (Å²) in [6.07, 6.45) is 14.6. The molecule has 0 saturated carbocycles. The van der Waals surface area contributed by atoms with Crippen molar-refractivity contribution in [2.75, 3.05) is 26.4 Å². The summed E-state index contributed by atoms with van der Waals surface area (Å²) in [5, 5.41) is 9.19. The van der Waals surface area contributed by atoms with Crippen LogP contribution >= 0.6 is 0 Å². The van der Waals surface area contributed by atoms with Gasteiger partial charge in [-0.15, -0.1) is 0 Å². The van der Waals surface area contributed by atoms with E-state index in [1.165, 1.54) is 5.57 Å². The topological polar surface area (TPSA) is 51.2 Å². The predicted molar refractivity (Wildman–Crippen MR) is 109 cm³/mol. The van der Waals surface area contributed by atoms with Crippen LogP contribution in [0.15, 0.2) is 72.5 Å². The van der Waals surface area contributed by atoms with Crippen LogP contribution in [-0.4, -0.2) is 36.4 Å². The predicted octanol–water partition coefficient (Wildman–Crippen LogP) is 4.45. The Kier molecular flexibility index (Phi) is 7.76. The van der Waals surface area contributed by atoms with E-state index in [1.807, 2.05) is 43.6 Å². The first kappa shape index (κ1) is 20.2. The number of aliphatic hydroxyl groups excluding tert-OH is 1. The minimum atomic E-state index is -0.0740. The largest absolute Gasteiger partial charge is 0.492 e. The van der Waals surface area contributed by atoms with E-state index in [-0.39, 0.29) is 12.7 Å².